The van der Waals surface area contributed by atoms with E-state index in [0.717, 1.165) is 9.20 Å². The maximum atomic E-state index is 14.2. The van der Waals surface area contributed by atoms with Gasteiger partial charge in [0.2, 0.25) is 11.8 Å². The number of thioether (sulfide) groups is 1. The van der Waals surface area contributed by atoms with Crippen molar-refractivity contribution in [1.82, 2.24) is 10.2 Å². The van der Waals surface area contributed by atoms with Crippen LogP contribution >= 0.6 is 35.0 Å². The minimum Gasteiger partial charge on any atom is -0.494 e. The van der Waals surface area contributed by atoms with Crippen molar-refractivity contribution in [2.75, 3.05) is 23.7 Å². The van der Waals surface area contributed by atoms with Gasteiger partial charge < -0.3 is 15.0 Å². The summed E-state index contributed by atoms with van der Waals surface area (Å²) in [4.78, 5) is 30.0. The van der Waals surface area contributed by atoms with Gasteiger partial charge in [-0.3, -0.25) is 13.9 Å². The fourth-order valence-corrected chi connectivity index (χ4v) is 6.62. The third kappa shape index (κ3) is 9.06. The van der Waals surface area contributed by atoms with Gasteiger partial charge in [-0.1, -0.05) is 43.1 Å². The average molecular weight is 681 g/mol. The highest BCUT2D eigenvalue weighted by Gasteiger charge is 2.34. The number of rotatable bonds is 15. The maximum Gasteiger partial charge on any atom is 0.264 e. The van der Waals surface area contributed by atoms with Crippen LogP contribution in [-0.4, -0.2) is 56.6 Å². The van der Waals surface area contributed by atoms with Crippen molar-refractivity contribution < 1.29 is 22.7 Å². The van der Waals surface area contributed by atoms with E-state index < -0.39 is 28.5 Å². The minimum absolute atomic E-state index is 0.0156. The first-order chi connectivity index (χ1) is 20.9. The molecule has 0 spiro atoms. The molecule has 0 aliphatic carbocycles. The molecule has 0 radical (unpaired) electrons. The number of nitrogens with zero attached hydrogens (tertiary/aromatic N) is 2. The Morgan fingerprint density at radius 1 is 0.932 bits per heavy atom. The number of hydrogen-bond acceptors (Lipinski definition) is 6. The van der Waals surface area contributed by atoms with E-state index in [-0.39, 0.29) is 29.1 Å². The number of sulfonamides is 1. The van der Waals surface area contributed by atoms with E-state index in [4.69, 9.17) is 27.9 Å². The molecule has 0 bridgehead atoms. The van der Waals surface area contributed by atoms with Gasteiger partial charge in [0.05, 0.1) is 27.2 Å². The summed E-state index contributed by atoms with van der Waals surface area (Å²) in [5, 5.41) is 3.63. The largest absolute Gasteiger partial charge is 0.494 e. The summed E-state index contributed by atoms with van der Waals surface area (Å²) in [5.74, 6) is -0.308. The number of benzene rings is 3. The zero-order chi connectivity index (χ0) is 32.4. The quantitative estimate of drug-likeness (QED) is 0.173. The van der Waals surface area contributed by atoms with E-state index >= 15 is 0 Å². The van der Waals surface area contributed by atoms with E-state index in [1.54, 1.807) is 54.6 Å². The highest BCUT2D eigenvalue weighted by Crippen LogP contribution is 2.29. The van der Waals surface area contributed by atoms with E-state index in [9.17, 15) is 18.0 Å². The summed E-state index contributed by atoms with van der Waals surface area (Å²) in [7, 11) is -4.20. The lowest BCUT2D eigenvalue weighted by Crippen LogP contribution is -2.53. The van der Waals surface area contributed by atoms with Crippen molar-refractivity contribution >= 4 is 62.5 Å². The van der Waals surface area contributed by atoms with Gasteiger partial charge in [-0.05, 0) is 99.2 Å². The molecule has 0 saturated heterocycles. The smallest absolute Gasteiger partial charge is 0.264 e. The monoisotopic (exact) mass is 679 g/mol. The third-order valence-electron chi connectivity index (χ3n) is 7.09. The Balaban J connectivity index is 2.08. The number of nitrogens with one attached hydrogen (secondary N) is 1. The van der Waals surface area contributed by atoms with Crippen LogP contribution in [-0.2, 0) is 26.2 Å². The van der Waals surface area contributed by atoms with Gasteiger partial charge in [-0.2, -0.15) is 0 Å². The van der Waals surface area contributed by atoms with Gasteiger partial charge in [0, 0.05) is 17.5 Å². The van der Waals surface area contributed by atoms with Crippen LogP contribution in [0.25, 0.3) is 0 Å². The molecule has 12 heteroatoms. The van der Waals surface area contributed by atoms with Crippen molar-refractivity contribution in [3.05, 3.63) is 82.3 Å². The minimum atomic E-state index is -4.20. The van der Waals surface area contributed by atoms with Crippen LogP contribution in [0.2, 0.25) is 10.0 Å². The molecular weight excluding hydrogens is 641 g/mol. The summed E-state index contributed by atoms with van der Waals surface area (Å²) >= 11 is 13.9. The van der Waals surface area contributed by atoms with E-state index in [1.807, 2.05) is 34.0 Å². The lowest BCUT2D eigenvalue weighted by molar-refractivity contribution is -0.140. The molecule has 0 aliphatic heterocycles. The van der Waals surface area contributed by atoms with Crippen LogP contribution in [0.15, 0.2) is 76.5 Å². The Morgan fingerprint density at radius 2 is 1.59 bits per heavy atom. The maximum absolute atomic E-state index is 14.2. The van der Waals surface area contributed by atoms with Crippen molar-refractivity contribution in [3.63, 3.8) is 0 Å². The molecule has 0 heterocycles. The molecule has 3 aromatic carbocycles. The first kappa shape index (κ1) is 35.6. The van der Waals surface area contributed by atoms with Gasteiger partial charge in [0.15, 0.2) is 0 Å². The van der Waals surface area contributed by atoms with Gasteiger partial charge in [0.25, 0.3) is 10.0 Å². The summed E-state index contributed by atoms with van der Waals surface area (Å²) < 4.78 is 34.8. The van der Waals surface area contributed by atoms with Crippen LogP contribution in [0.1, 0.15) is 46.1 Å². The average Bonchev–Trinajstić information content (AvgIpc) is 3.01. The fraction of sp³-hybridized carbons (Fsp3) is 0.375. The van der Waals surface area contributed by atoms with E-state index in [1.165, 1.54) is 28.8 Å². The van der Waals surface area contributed by atoms with Crippen molar-refractivity contribution in [1.29, 1.82) is 0 Å². The second-order valence-electron chi connectivity index (χ2n) is 10.1. The van der Waals surface area contributed by atoms with Crippen LogP contribution < -0.4 is 14.4 Å². The summed E-state index contributed by atoms with van der Waals surface area (Å²) in [5.41, 5.74) is 0.924. The molecule has 1 N–H and O–H groups in total. The van der Waals surface area contributed by atoms with Gasteiger partial charge in [-0.15, -0.1) is 11.8 Å². The second-order valence-corrected chi connectivity index (χ2v) is 13.7. The lowest BCUT2D eigenvalue weighted by atomic mass is 10.1. The summed E-state index contributed by atoms with van der Waals surface area (Å²) in [6, 6.07) is 17.0. The van der Waals surface area contributed by atoms with Crippen LogP contribution in [0.5, 0.6) is 5.75 Å². The molecule has 0 aliphatic rings. The number of carbonyl (C=O) groups is 2. The molecule has 0 aromatic heterocycles. The molecule has 8 nitrogen and oxygen atoms in total. The molecule has 44 heavy (non-hydrogen) atoms. The summed E-state index contributed by atoms with van der Waals surface area (Å²) in [6.07, 6.45) is 2.92. The molecule has 3 rings (SSSR count). The fourth-order valence-electron chi connectivity index (χ4n) is 4.47. The van der Waals surface area contributed by atoms with Crippen LogP contribution in [0, 0.1) is 0 Å². The standard InChI is InChI=1S/C32H39Cl2N3O5S2/c1-6-22(4)35-32(39)30(7-2)36(20-23-9-18-28(33)29(34)19-23)31(38)21-37(24-10-12-25(13-11-24)42-8-3)44(40,41)27-16-14-26(43-5)15-17-27/h9-19,22,30H,6-8,20-21H2,1-5H3,(H,35,39)/t22-,30+/m1/s1. The Bertz CT molecular complexity index is 1520. The number of halogens is 2. The first-order valence-electron chi connectivity index (χ1n) is 14.4. The Hall–Kier alpha value is -2.92. The van der Waals surface area contributed by atoms with Gasteiger partial charge in [-0.25, -0.2) is 8.42 Å². The predicted octanol–water partition coefficient (Wildman–Crippen LogP) is 7.03. The molecule has 2 amide bonds. The van der Waals surface area contributed by atoms with Crippen molar-refractivity contribution in [3.8, 4) is 5.75 Å². The first-order valence-corrected chi connectivity index (χ1v) is 17.8. The number of ether oxygens (including phenoxy) is 1. The Kier molecular flexibility index (Phi) is 13.3. The van der Waals surface area contributed by atoms with Crippen LogP contribution in [0.3, 0.4) is 0 Å². The van der Waals surface area contributed by atoms with Crippen LogP contribution in [0.4, 0.5) is 5.69 Å². The molecule has 3 aromatic rings. The summed E-state index contributed by atoms with van der Waals surface area (Å²) in [6.45, 7) is 7.42. The Morgan fingerprint density at radius 3 is 2.14 bits per heavy atom. The highest BCUT2D eigenvalue weighted by molar-refractivity contribution is 7.98. The molecular formula is C32H39Cl2N3O5S2. The van der Waals surface area contributed by atoms with Crippen molar-refractivity contribution in [2.24, 2.45) is 0 Å². The highest BCUT2D eigenvalue weighted by atomic mass is 35.5. The number of anilines is 1. The normalized spacial score (nSPS) is 12.7. The zero-order valence-electron chi connectivity index (χ0n) is 25.5. The molecule has 0 fully saturated rings. The molecule has 0 unspecified atom stereocenters. The molecule has 0 saturated carbocycles. The van der Waals surface area contributed by atoms with E-state index in [2.05, 4.69) is 5.32 Å². The zero-order valence-corrected chi connectivity index (χ0v) is 28.7. The molecule has 2 atom stereocenters. The number of amides is 2. The topological polar surface area (TPSA) is 96.0 Å². The second kappa shape index (κ2) is 16.4. The van der Waals surface area contributed by atoms with Crippen molar-refractivity contribution in [2.45, 2.75) is 69.0 Å². The van der Waals surface area contributed by atoms with Gasteiger partial charge in [0.1, 0.15) is 18.3 Å². The number of hydrogen-bond donors (Lipinski definition) is 1. The lowest BCUT2D eigenvalue weighted by Gasteiger charge is -2.33. The molecule has 238 valence electrons. The van der Waals surface area contributed by atoms with Gasteiger partial charge >= 0.3 is 0 Å². The number of carbonyl (C=O) groups excluding carboxylic acids is 2. The van der Waals surface area contributed by atoms with E-state index in [0.29, 0.717) is 40.8 Å². The predicted molar refractivity (Wildman–Crippen MR) is 179 cm³/mol. The SMILES string of the molecule is CCOc1ccc(N(CC(=O)N(Cc2ccc(Cl)c(Cl)c2)[C@@H](CC)C(=O)N[C@H](C)CC)S(=O)(=O)c2ccc(SC)cc2)cc1. The Labute approximate surface area is 275 Å². The third-order valence-corrected chi connectivity index (χ3v) is 10.4.